The number of hydroxylamine groups is 2. The molecule has 2 aromatic rings. The van der Waals surface area contributed by atoms with Gasteiger partial charge in [-0.05, 0) is 25.5 Å². The van der Waals surface area contributed by atoms with E-state index in [1.54, 1.807) is 0 Å². The van der Waals surface area contributed by atoms with Crippen molar-refractivity contribution in [3.63, 3.8) is 0 Å². The summed E-state index contributed by atoms with van der Waals surface area (Å²) in [6, 6.07) is 7.35. The number of aromatic amines is 1. The number of carbonyl (C=O) groups is 1. The minimum absolute atomic E-state index is 0.208. The fraction of sp³-hybridized carbons (Fsp3) is 0.471. The van der Waals surface area contributed by atoms with Gasteiger partial charge in [0.25, 0.3) is 5.91 Å². The summed E-state index contributed by atoms with van der Waals surface area (Å²) < 4.78 is 0. The van der Waals surface area contributed by atoms with Gasteiger partial charge in [-0.1, -0.05) is 18.2 Å². The topological polar surface area (TPSA) is 85.8 Å². The van der Waals surface area contributed by atoms with Crippen LogP contribution in [0.15, 0.2) is 30.5 Å². The van der Waals surface area contributed by atoms with Gasteiger partial charge in [0.2, 0.25) is 0 Å². The van der Waals surface area contributed by atoms with Crippen LogP contribution in [0.1, 0.15) is 25.8 Å². The highest BCUT2D eigenvalue weighted by Gasteiger charge is 2.56. The molecule has 0 radical (unpaired) electrons. The van der Waals surface area contributed by atoms with Crippen molar-refractivity contribution >= 4 is 16.8 Å². The van der Waals surface area contributed by atoms with Gasteiger partial charge >= 0.3 is 0 Å². The first-order chi connectivity index (χ1) is 10.9. The first-order valence-electron chi connectivity index (χ1n) is 7.84. The number of aliphatic hydroxyl groups excluding tert-OH is 2. The van der Waals surface area contributed by atoms with Crippen molar-refractivity contribution < 1.29 is 19.8 Å². The molecule has 2 heterocycles. The molecular formula is C17H20N2O4. The molecule has 4 atom stereocenters. The van der Waals surface area contributed by atoms with Crippen LogP contribution in [0.25, 0.3) is 10.9 Å². The van der Waals surface area contributed by atoms with E-state index < -0.39 is 29.8 Å². The number of H-pyrrole nitrogens is 1. The van der Waals surface area contributed by atoms with E-state index in [2.05, 4.69) is 4.98 Å². The molecule has 2 bridgehead atoms. The first-order valence-corrected chi connectivity index (χ1v) is 7.84. The van der Waals surface area contributed by atoms with Crippen LogP contribution in [0.5, 0.6) is 0 Å². The van der Waals surface area contributed by atoms with Crippen molar-refractivity contribution in [1.29, 1.82) is 0 Å². The lowest BCUT2D eigenvalue weighted by Crippen LogP contribution is -2.54. The number of fused-ring (bicyclic) bond motifs is 3. The van der Waals surface area contributed by atoms with Crippen LogP contribution in [0.2, 0.25) is 0 Å². The van der Waals surface area contributed by atoms with Crippen LogP contribution in [0.3, 0.4) is 0 Å². The Hall–Kier alpha value is -1.89. The van der Waals surface area contributed by atoms with Crippen LogP contribution >= 0.6 is 0 Å². The van der Waals surface area contributed by atoms with Crippen LogP contribution in [-0.2, 0) is 15.0 Å². The average molecular weight is 316 g/mol. The highest BCUT2D eigenvalue weighted by Crippen LogP contribution is 2.40. The third-order valence-corrected chi connectivity index (χ3v) is 5.15. The SMILES string of the molecule is CC(C)(C(=O)N1O[C@@H]2C[C@H]1[C@@H](O)[C@H]2O)c1c[nH]c2ccccc12. The molecule has 1 saturated heterocycles. The van der Waals surface area contributed by atoms with E-state index in [0.717, 1.165) is 16.5 Å². The zero-order valence-corrected chi connectivity index (χ0v) is 13.1. The second kappa shape index (κ2) is 4.80. The Morgan fingerprint density at radius 2 is 2.04 bits per heavy atom. The van der Waals surface area contributed by atoms with Crippen molar-refractivity contribution in [3.8, 4) is 0 Å². The van der Waals surface area contributed by atoms with Gasteiger partial charge in [-0.25, -0.2) is 5.06 Å². The molecule has 1 aromatic heterocycles. The fourth-order valence-corrected chi connectivity index (χ4v) is 3.71. The zero-order chi connectivity index (χ0) is 16.4. The van der Waals surface area contributed by atoms with Gasteiger partial charge in [0.1, 0.15) is 18.3 Å². The average Bonchev–Trinajstić information content (AvgIpc) is 3.22. The second-order valence-electron chi connectivity index (χ2n) is 6.93. The molecular weight excluding hydrogens is 296 g/mol. The van der Waals surface area contributed by atoms with Crippen LogP contribution in [-0.4, -0.2) is 50.5 Å². The van der Waals surface area contributed by atoms with Crippen molar-refractivity contribution in [2.75, 3.05) is 0 Å². The Balaban J connectivity index is 1.68. The number of amides is 1. The molecule has 6 nitrogen and oxygen atoms in total. The second-order valence-corrected chi connectivity index (χ2v) is 6.93. The summed E-state index contributed by atoms with van der Waals surface area (Å²) in [7, 11) is 0. The van der Waals surface area contributed by atoms with E-state index >= 15 is 0 Å². The smallest absolute Gasteiger partial charge is 0.256 e. The van der Waals surface area contributed by atoms with Crippen molar-refractivity contribution in [2.45, 2.75) is 50.0 Å². The van der Waals surface area contributed by atoms with Gasteiger partial charge in [-0.2, -0.15) is 0 Å². The van der Waals surface area contributed by atoms with Gasteiger partial charge in [-0.3, -0.25) is 9.63 Å². The molecule has 6 heteroatoms. The van der Waals surface area contributed by atoms with E-state index in [-0.39, 0.29) is 5.91 Å². The Labute approximate surface area is 133 Å². The fourth-order valence-electron chi connectivity index (χ4n) is 3.71. The summed E-state index contributed by atoms with van der Waals surface area (Å²) in [5.74, 6) is -0.208. The third-order valence-electron chi connectivity index (χ3n) is 5.15. The molecule has 2 fully saturated rings. The summed E-state index contributed by atoms with van der Waals surface area (Å²) in [6.45, 7) is 3.70. The molecule has 1 aliphatic carbocycles. The molecule has 1 aromatic carbocycles. The highest BCUT2D eigenvalue weighted by molar-refractivity contribution is 5.94. The first kappa shape index (κ1) is 14.7. The van der Waals surface area contributed by atoms with E-state index in [1.165, 1.54) is 5.06 Å². The Bertz CT molecular complexity index is 767. The van der Waals surface area contributed by atoms with Gasteiger partial charge in [-0.15, -0.1) is 0 Å². The monoisotopic (exact) mass is 316 g/mol. The lowest BCUT2D eigenvalue weighted by atomic mass is 9.83. The lowest BCUT2D eigenvalue weighted by Gasteiger charge is -2.36. The van der Waals surface area contributed by atoms with E-state index in [9.17, 15) is 15.0 Å². The third kappa shape index (κ3) is 1.95. The van der Waals surface area contributed by atoms with E-state index in [0.29, 0.717) is 6.42 Å². The van der Waals surface area contributed by atoms with Crippen molar-refractivity contribution in [3.05, 3.63) is 36.0 Å². The van der Waals surface area contributed by atoms with E-state index in [4.69, 9.17) is 4.84 Å². The van der Waals surface area contributed by atoms with Crippen LogP contribution in [0, 0.1) is 0 Å². The zero-order valence-electron chi connectivity index (χ0n) is 13.1. The minimum atomic E-state index is -0.948. The normalized spacial score (nSPS) is 30.3. The summed E-state index contributed by atoms with van der Waals surface area (Å²) in [6.07, 6.45) is -0.0466. The Morgan fingerprint density at radius 1 is 1.30 bits per heavy atom. The van der Waals surface area contributed by atoms with E-state index in [1.807, 2.05) is 44.3 Å². The summed E-state index contributed by atoms with van der Waals surface area (Å²) in [4.78, 5) is 21.8. The lowest BCUT2D eigenvalue weighted by molar-refractivity contribution is -0.242. The van der Waals surface area contributed by atoms with Crippen molar-refractivity contribution in [1.82, 2.24) is 10.0 Å². The van der Waals surface area contributed by atoms with Gasteiger partial charge in [0.15, 0.2) is 0 Å². The summed E-state index contributed by atoms with van der Waals surface area (Å²) in [5.41, 5.74) is 1.05. The largest absolute Gasteiger partial charge is 0.388 e. The number of para-hydroxylation sites is 1. The number of rotatable bonds is 2. The highest BCUT2D eigenvalue weighted by atomic mass is 16.7. The molecule has 23 heavy (non-hydrogen) atoms. The number of nitrogens with zero attached hydrogens (tertiary/aromatic N) is 1. The number of benzene rings is 1. The number of hydrogen-bond acceptors (Lipinski definition) is 4. The van der Waals surface area contributed by atoms with Crippen LogP contribution < -0.4 is 0 Å². The van der Waals surface area contributed by atoms with Gasteiger partial charge in [0, 0.05) is 23.5 Å². The number of hydrogen-bond donors (Lipinski definition) is 3. The molecule has 4 rings (SSSR count). The maximum atomic E-state index is 13.0. The number of aromatic nitrogens is 1. The molecule has 2 aliphatic rings. The molecule has 3 N–H and O–H groups in total. The standard InChI is InChI=1S/C17H20N2O4/c1-17(2,10-8-18-11-6-4-3-5-9(10)11)16(22)19-12-7-13(23-19)15(21)14(12)20/h3-6,8,12-15,18,20-21H,7H2,1-2H3/t12-,13+,14+,15-/m0/s1. The molecule has 0 unspecified atom stereocenters. The maximum Gasteiger partial charge on any atom is 0.256 e. The molecule has 1 aliphatic heterocycles. The summed E-state index contributed by atoms with van der Waals surface area (Å²) in [5, 5.41) is 22.1. The predicted molar refractivity (Wildman–Crippen MR) is 83.5 cm³/mol. The number of aliphatic hydroxyl groups is 2. The Kier molecular flexibility index (Phi) is 3.07. The van der Waals surface area contributed by atoms with Crippen LogP contribution in [0.4, 0.5) is 0 Å². The molecule has 122 valence electrons. The maximum absolute atomic E-state index is 13.0. The van der Waals surface area contributed by atoms with Gasteiger partial charge in [0.05, 0.1) is 11.5 Å². The van der Waals surface area contributed by atoms with Crippen molar-refractivity contribution in [2.24, 2.45) is 0 Å². The molecule has 1 amide bonds. The minimum Gasteiger partial charge on any atom is -0.388 e. The predicted octanol–water partition coefficient (Wildman–Crippen LogP) is 1.08. The quantitative estimate of drug-likeness (QED) is 0.774. The number of carbonyl (C=O) groups excluding carboxylic acids is 1. The summed E-state index contributed by atoms with van der Waals surface area (Å²) >= 11 is 0. The molecule has 1 saturated carbocycles. The van der Waals surface area contributed by atoms with Gasteiger partial charge < -0.3 is 15.2 Å². The Morgan fingerprint density at radius 3 is 2.74 bits per heavy atom. The number of nitrogens with one attached hydrogen (secondary N) is 1. The molecule has 0 spiro atoms.